The number of carbonyl (C=O) groups is 1. The predicted molar refractivity (Wildman–Crippen MR) is 118 cm³/mol. The van der Waals surface area contributed by atoms with Crippen molar-refractivity contribution in [2.75, 3.05) is 6.54 Å². The number of sulfone groups is 1. The molecule has 1 amide bonds. The fraction of sp³-hybridized carbons (Fsp3) is 0.667. The number of nitriles is 1. The fourth-order valence-corrected chi connectivity index (χ4v) is 9.09. The van der Waals surface area contributed by atoms with E-state index >= 15 is 0 Å². The van der Waals surface area contributed by atoms with Crippen LogP contribution in [0.3, 0.4) is 0 Å². The summed E-state index contributed by atoms with van der Waals surface area (Å²) in [5.74, 6) is 0.434. The highest BCUT2D eigenvalue weighted by Crippen LogP contribution is 2.62. The molecule has 8 heteroatoms. The Bertz CT molecular complexity index is 1060. The van der Waals surface area contributed by atoms with Gasteiger partial charge in [-0.2, -0.15) is 5.26 Å². The van der Waals surface area contributed by atoms with Crippen LogP contribution in [0.4, 0.5) is 0 Å². The van der Waals surface area contributed by atoms with E-state index in [-0.39, 0.29) is 23.8 Å². The summed E-state index contributed by atoms with van der Waals surface area (Å²) in [6.45, 7) is 1.87. The first-order chi connectivity index (χ1) is 15.1. The van der Waals surface area contributed by atoms with Gasteiger partial charge in [-0.25, -0.2) is 8.42 Å². The van der Waals surface area contributed by atoms with E-state index in [4.69, 9.17) is 5.73 Å². The van der Waals surface area contributed by atoms with E-state index < -0.39 is 38.2 Å². The van der Waals surface area contributed by atoms with Gasteiger partial charge in [-0.1, -0.05) is 17.7 Å². The lowest BCUT2D eigenvalue weighted by Crippen LogP contribution is -2.64. The Hall–Kier alpha value is -1.95. The van der Waals surface area contributed by atoms with Gasteiger partial charge in [0.25, 0.3) is 0 Å². The molecule has 0 aromatic heterocycles. The third-order valence-corrected chi connectivity index (χ3v) is 10.6. The minimum Gasteiger partial charge on any atom is -0.390 e. The quantitative estimate of drug-likeness (QED) is 0.712. The Morgan fingerprint density at radius 1 is 1.19 bits per heavy atom. The molecular weight excluding hydrogens is 426 g/mol. The summed E-state index contributed by atoms with van der Waals surface area (Å²) in [6, 6.07) is 7.16. The summed E-state index contributed by atoms with van der Waals surface area (Å²) in [7, 11) is -3.67. The highest BCUT2D eigenvalue weighted by Gasteiger charge is 2.61. The highest BCUT2D eigenvalue weighted by molar-refractivity contribution is 7.92. The molecule has 1 saturated heterocycles. The van der Waals surface area contributed by atoms with Gasteiger partial charge in [0, 0.05) is 13.0 Å². The van der Waals surface area contributed by atoms with Crippen LogP contribution in [0.1, 0.15) is 50.5 Å². The summed E-state index contributed by atoms with van der Waals surface area (Å²) in [5.41, 5.74) is 6.36. The average Bonchev–Trinajstić information content (AvgIpc) is 3.16. The van der Waals surface area contributed by atoms with Crippen LogP contribution >= 0.6 is 0 Å². The van der Waals surface area contributed by atoms with E-state index in [9.17, 15) is 23.6 Å². The molecule has 4 bridgehead atoms. The maximum absolute atomic E-state index is 13.6. The van der Waals surface area contributed by atoms with Crippen molar-refractivity contribution in [2.24, 2.45) is 23.0 Å². The van der Waals surface area contributed by atoms with Crippen molar-refractivity contribution in [3.8, 4) is 6.07 Å². The zero-order valence-corrected chi connectivity index (χ0v) is 19.2. The van der Waals surface area contributed by atoms with Gasteiger partial charge in [0.05, 0.1) is 27.9 Å². The zero-order chi connectivity index (χ0) is 22.9. The third-order valence-electron chi connectivity index (χ3n) is 8.48. The Kier molecular flexibility index (Phi) is 4.97. The van der Waals surface area contributed by atoms with Crippen molar-refractivity contribution in [3.05, 3.63) is 29.8 Å². The molecule has 4 aliphatic carbocycles. The first-order valence-corrected chi connectivity index (χ1v) is 13.1. The molecule has 5 atom stereocenters. The van der Waals surface area contributed by atoms with Crippen LogP contribution in [0.2, 0.25) is 0 Å². The van der Waals surface area contributed by atoms with Gasteiger partial charge >= 0.3 is 0 Å². The number of carbonyl (C=O) groups excluding carboxylic acids is 1. The first-order valence-electron chi connectivity index (χ1n) is 11.5. The van der Waals surface area contributed by atoms with Crippen LogP contribution < -0.4 is 5.73 Å². The van der Waals surface area contributed by atoms with Crippen molar-refractivity contribution in [3.63, 3.8) is 0 Å². The number of nitrogens with two attached hydrogens (primary N) is 1. The molecule has 3 N–H and O–H groups in total. The number of hydrogen-bond acceptors (Lipinski definition) is 6. The summed E-state index contributed by atoms with van der Waals surface area (Å²) < 4.78 is 26.4. The molecule has 5 fully saturated rings. The molecule has 5 aliphatic rings. The van der Waals surface area contributed by atoms with Crippen molar-refractivity contribution in [2.45, 2.75) is 79.7 Å². The molecule has 1 aliphatic heterocycles. The third kappa shape index (κ3) is 3.37. The van der Waals surface area contributed by atoms with Gasteiger partial charge in [-0.15, -0.1) is 0 Å². The second-order valence-electron chi connectivity index (χ2n) is 10.9. The zero-order valence-electron chi connectivity index (χ0n) is 18.4. The Labute approximate surface area is 189 Å². The Morgan fingerprint density at radius 3 is 2.38 bits per heavy atom. The van der Waals surface area contributed by atoms with Crippen LogP contribution in [0.15, 0.2) is 29.2 Å². The molecule has 1 heterocycles. The average molecular weight is 458 g/mol. The highest BCUT2D eigenvalue weighted by atomic mass is 32.2. The van der Waals surface area contributed by atoms with E-state index in [0.717, 1.165) is 37.7 Å². The molecule has 7 nitrogen and oxygen atoms in total. The van der Waals surface area contributed by atoms with Crippen LogP contribution in [0.5, 0.6) is 0 Å². The number of rotatable bonds is 4. The molecule has 2 unspecified atom stereocenters. The summed E-state index contributed by atoms with van der Waals surface area (Å²) in [6.07, 6.45) is 4.93. The maximum atomic E-state index is 13.6. The molecule has 4 saturated carbocycles. The molecule has 6 rings (SSSR count). The normalized spacial score (nSPS) is 39.1. The van der Waals surface area contributed by atoms with Gasteiger partial charge < -0.3 is 15.7 Å². The minimum atomic E-state index is -3.67. The van der Waals surface area contributed by atoms with Crippen molar-refractivity contribution >= 4 is 15.7 Å². The van der Waals surface area contributed by atoms with Crippen LogP contribution in [0, 0.1) is 35.5 Å². The van der Waals surface area contributed by atoms with Gasteiger partial charge in [0.1, 0.15) is 6.04 Å². The van der Waals surface area contributed by atoms with Gasteiger partial charge in [0.2, 0.25) is 5.91 Å². The summed E-state index contributed by atoms with van der Waals surface area (Å²) in [5, 5.41) is 19.9. The topological polar surface area (TPSA) is 124 Å². The van der Waals surface area contributed by atoms with Gasteiger partial charge in [-0.05, 0) is 74.8 Å². The number of aliphatic hydroxyl groups is 1. The largest absolute Gasteiger partial charge is 0.390 e. The second kappa shape index (κ2) is 7.28. The Balaban J connectivity index is 1.38. The number of likely N-dealkylation sites (tertiary alicyclic amines) is 1. The molecule has 32 heavy (non-hydrogen) atoms. The fourth-order valence-electron chi connectivity index (χ4n) is 7.40. The number of nitrogens with zero attached hydrogens (tertiary/aromatic N) is 2. The minimum absolute atomic E-state index is 0.0197. The maximum Gasteiger partial charge on any atom is 0.241 e. The summed E-state index contributed by atoms with van der Waals surface area (Å²) >= 11 is 0. The molecule has 0 spiro atoms. The van der Waals surface area contributed by atoms with Crippen molar-refractivity contribution in [1.29, 1.82) is 5.26 Å². The van der Waals surface area contributed by atoms with E-state index in [1.807, 2.05) is 6.92 Å². The van der Waals surface area contributed by atoms with Crippen molar-refractivity contribution < 1.29 is 18.3 Å². The van der Waals surface area contributed by atoms with Crippen LogP contribution in [0.25, 0.3) is 0 Å². The molecule has 172 valence electrons. The first kappa shape index (κ1) is 21.9. The smallest absolute Gasteiger partial charge is 0.241 e. The van der Waals surface area contributed by atoms with E-state index in [0.29, 0.717) is 18.3 Å². The molecule has 0 radical (unpaired) electrons. The van der Waals surface area contributed by atoms with Crippen LogP contribution in [-0.4, -0.2) is 53.8 Å². The Morgan fingerprint density at radius 2 is 1.81 bits per heavy atom. The van der Waals surface area contributed by atoms with Gasteiger partial charge in [-0.3, -0.25) is 4.79 Å². The standard InChI is InChI=1S/C24H31N3O4S/c1-15-2-4-19(5-3-15)32(30,31)20-7-18(12-25)27(13-20)22(28)21(26)23-8-16-6-17(9-23)11-24(29,10-16)14-23/h2-5,16-18,20-21,29H,6-11,13-14,26H2,1H3/t16?,17?,18-,20-,21+,23?,24?/m0/s1. The van der Waals surface area contributed by atoms with E-state index in [1.165, 1.54) is 4.90 Å². The number of benzene rings is 1. The number of amides is 1. The van der Waals surface area contributed by atoms with Crippen LogP contribution in [-0.2, 0) is 14.6 Å². The molecule has 1 aromatic carbocycles. The lowest BCUT2D eigenvalue weighted by Gasteiger charge is -2.61. The number of hydrogen-bond donors (Lipinski definition) is 2. The lowest BCUT2D eigenvalue weighted by atomic mass is 9.46. The lowest BCUT2D eigenvalue weighted by molar-refractivity contribution is -0.177. The number of aryl methyl sites for hydroxylation is 1. The SMILES string of the molecule is Cc1ccc(S(=O)(=O)[C@H]2C[C@@H](C#N)N(C(=O)[C@@H](N)C34CC5CC(CC(O)(C5)C3)C4)C2)cc1. The monoisotopic (exact) mass is 457 g/mol. The second-order valence-corrected chi connectivity index (χ2v) is 13.1. The molecular formula is C24H31N3O4S. The molecule has 1 aromatic rings. The van der Waals surface area contributed by atoms with E-state index in [1.54, 1.807) is 24.3 Å². The summed E-state index contributed by atoms with van der Waals surface area (Å²) in [4.78, 5) is 15.2. The predicted octanol–water partition coefficient (Wildman–Crippen LogP) is 1.92. The van der Waals surface area contributed by atoms with E-state index in [2.05, 4.69) is 6.07 Å². The van der Waals surface area contributed by atoms with Crippen molar-refractivity contribution in [1.82, 2.24) is 4.90 Å². The van der Waals surface area contributed by atoms with Gasteiger partial charge in [0.15, 0.2) is 9.84 Å².